The standard InChI is InChI=1S/C20H23ClN2O4S/c1-23(12-3-13-27-18-10-6-16(21)7-11-18)20(24)15-4-2-5-19(14-15)28(25,26)22-17-8-9-17/h2,4-7,10-11,14,17,22H,3,8-9,12-13H2,1H3. The van der Waals surface area contributed by atoms with Crippen LogP contribution < -0.4 is 9.46 Å². The van der Waals surface area contributed by atoms with Gasteiger partial charge >= 0.3 is 0 Å². The highest BCUT2D eigenvalue weighted by molar-refractivity contribution is 7.89. The number of hydrogen-bond donors (Lipinski definition) is 1. The lowest BCUT2D eigenvalue weighted by atomic mass is 10.2. The van der Waals surface area contributed by atoms with Gasteiger partial charge in [-0.3, -0.25) is 4.79 Å². The zero-order chi connectivity index (χ0) is 20.1. The van der Waals surface area contributed by atoms with Crippen LogP contribution in [-0.4, -0.2) is 45.5 Å². The average molecular weight is 423 g/mol. The molecule has 8 heteroatoms. The molecule has 1 N–H and O–H groups in total. The van der Waals surface area contributed by atoms with Crippen molar-refractivity contribution < 1.29 is 17.9 Å². The van der Waals surface area contributed by atoms with E-state index in [-0.39, 0.29) is 16.8 Å². The third kappa shape index (κ3) is 5.70. The normalized spacial score (nSPS) is 13.9. The van der Waals surface area contributed by atoms with E-state index < -0.39 is 10.0 Å². The van der Waals surface area contributed by atoms with Gasteiger partial charge in [0.25, 0.3) is 5.91 Å². The molecule has 0 aromatic heterocycles. The minimum absolute atomic E-state index is 0.0210. The Morgan fingerprint density at radius 3 is 2.61 bits per heavy atom. The van der Waals surface area contributed by atoms with E-state index in [1.165, 1.54) is 12.1 Å². The van der Waals surface area contributed by atoms with Gasteiger partial charge in [-0.15, -0.1) is 0 Å². The number of ether oxygens (including phenoxy) is 1. The SMILES string of the molecule is CN(CCCOc1ccc(Cl)cc1)C(=O)c1cccc(S(=O)(=O)NC2CC2)c1. The second kappa shape index (κ2) is 8.94. The fraction of sp³-hybridized carbons (Fsp3) is 0.350. The van der Waals surface area contributed by atoms with E-state index in [2.05, 4.69) is 4.72 Å². The van der Waals surface area contributed by atoms with E-state index in [0.29, 0.717) is 30.2 Å². The molecule has 0 spiro atoms. The third-order valence-electron chi connectivity index (χ3n) is 4.36. The van der Waals surface area contributed by atoms with Gasteiger partial charge in [0.05, 0.1) is 11.5 Å². The first-order valence-corrected chi connectivity index (χ1v) is 11.0. The van der Waals surface area contributed by atoms with Gasteiger partial charge < -0.3 is 9.64 Å². The van der Waals surface area contributed by atoms with Crippen molar-refractivity contribution in [3.63, 3.8) is 0 Å². The zero-order valence-corrected chi connectivity index (χ0v) is 17.2. The second-order valence-electron chi connectivity index (χ2n) is 6.81. The molecule has 28 heavy (non-hydrogen) atoms. The molecule has 150 valence electrons. The molecule has 0 atom stereocenters. The van der Waals surface area contributed by atoms with Crippen molar-refractivity contribution in [1.29, 1.82) is 0 Å². The number of carbonyl (C=O) groups is 1. The highest BCUT2D eigenvalue weighted by Gasteiger charge is 2.28. The van der Waals surface area contributed by atoms with Gasteiger partial charge in [0.1, 0.15) is 5.75 Å². The molecule has 1 fully saturated rings. The maximum atomic E-state index is 12.6. The topological polar surface area (TPSA) is 75.7 Å². The zero-order valence-electron chi connectivity index (χ0n) is 15.6. The molecule has 1 aliphatic rings. The first-order chi connectivity index (χ1) is 13.3. The van der Waals surface area contributed by atoms with Gasteiger partial charge in [-0.2, -0.15) is 0 Å². The van der Waals surface area contributed by atoms with E-state index in [9.17, 15) is 13.2 Å². The highest BCUT2D eigenvalue weighted by atomic mass is 35.5. The summed E-state index contributed by atoms with van der Waals surface area (Å²) in [5.41, 5.74) is 0.347. The van der Waals surface area contributed by atoms with Gasteiger partial charge in [0, 0.05) is 30.2 Å². The van der Waals surface area contributed by atoms with Crippen molar-refractivity contribution in [1.82, 2.24) is 9.62 Å². The highest BCUT2D eigenvalue weighted by Crippen LogP contribution is 2.22. The summed E-state index contributed by atoms with van der Waals surface area (Å²) in [6.45, 7) is 0.947. The number of nitrogens with one attached hydrogen (secondary N) is 1. The van der Waals surface area contributed by atoms with E-state index in [4.69, 9.17) is 16.3 Å². The second-order valence-corrected chi connectivity index (χ2v) is 8.96. The van der Waals surface area contributed by atoms with Crippen molar-refractivity contribution in [2.24, 2.45) is 0 Å². The molecule has 0 saturated heterocycles. The Labute approximate surface area is 170 Å². The van der Waals surface area contributed by atoms with Gasteiger partial charge in [0.2, 0.25) is 10.0 Å². The van der Waals surface area contributed by atoms with Crippen LogP contribution in [0.3, 0.4) is 0 Å². The van der Waals surface area contributed by atoms with Crippen molar-refractivity contribution >= 4 is 27.5 Å². The minimum atomic E-state index is -3.58. The predicted octanol–water partition coefficient (Wildman–Crippen LogP) is 3.32. The number of amides is 1. The van der Waals surface area contributed by atoms with Crippen LogP contribution in [-0.2, 0) is 10.0 Å². The summed E-state index contributed by atoms with van der Waals surface area (Å²) in [5, 5.41) is 0.647. The van der Waals surface area contributed by atoms with Gasteiger partial charge in [-0.1, -0.05) is 17.7 Å². The molecule has 2 aromatic carbocycles. The molecule has 0 unspecified atom stereocenters. The van der Waals surface area contributed by atoms with Crippen LogP contribution >= 0.6 is 11.6 Å². The van der Waals surface area contributed by atoms with Crippen molar-refractivity contribution in [2.45, 2.75) is 30.2 Å². The first-order valence-electron chi connectivity index (χ1n) is 9.11. The van der Waals surface area contributed by atoms with Crippen molar-refractivity contribution in [3.05, 3.63) is 59.1 Å². The summed E-state index contributed by atoms with van der Waals surface area (Å²) in [4.78, 5) is 14.3. The Bertz CT molecular complexity index is 927. The van der Waals surface area contributed by atoms with Crippen LogP contribution in [0.2, 0.25) is 5.02 Å². The van der Waals surface area contributed by atoms with E-state index in [1.807, 2.05) is 0 Å². The van der Waals surface area contributed by atoms with Gasteiger partial charge in [-0.05, 0) is 61.7 Å². The molecule has 0 radical (unpaired) electrons. The van der Waals surface area contributed by atoms with Crippen molar-refractivity contribution in [3.8, 4) is 5.75 Å². The lowest BCUT2D eigenvalue weighted by Gasteiger charge is -2.18. The Morgan fingerprint density at radius 1 is 1.21 bits per heavy atom. The van der Waals surface area contributed by atoms with Crippen LogP contribution in [0.4, 0.5) is 0 Å². The predicted molar refractivity (Wildman–Crippen MR) is 108 cm³/mol. The molecule has 3 rings (SSSR count). The number of sulfonamides is 1. The Morgan fingerprint density at radius 2 is 1.93 bits per heavy atom. The largest absolute Gasteiger partial charge is 0.494 e. The fourth-order valence-corrected chi connectivity index (χ4v) is 4.11. The Kier molecular flexibility index (Phi) is 6.59. The quantitative estimate of drug-likeness (QED) is 0.629. The van der Waals surface area contributed by atoms with Crippen LogP contribution in [0.25, 0.3) is 0 Å². The lowest BCUT2D eigenvalue weighted by molar-refractivity contribution is 0.0787. The molecule has 0 aliphatic heterocycles. The maximum absolute atomic E-state index is 12.6. The fourth-order valence-electron chi connectivity index (χ4n) is 2.63. The molecule has 0 heterocycles. The maximum Gasteiger partial charge on any atom is 0.253 e. The minimum Gasteiger partial charge on any atom is -0.494 e. The molecule has 2 aromatic rings. The molecular formula is C20H23ClN2O4S. The first kappa shape index (κ1) is 20.6. The molecule has 1 saturated carbocycles. The number of hydrogen-bond acceptors (Lipinski definition) is 4. The number of nitrogens with zero attached hydrogens (tertiary/aromatic N) is 1. The molecule has 6 nitrogen and oxygen atoms in total. The van der Waals surface area contributed by atoms with Crippen LogP contribution in [0.5, 0.6) is 5.75 Å². The number of halogens is 1. The average Bonchev–Trinajstić information content (AvgIpc) is 3.49. The van der Waals surface area contributed by atoms with E-state index in [1.54, 1.807) is 48.3 Å². The smallest absolute Gasteiger partial charge is 0.253 e. The molecule has 1 aliphatic carbocycles. The van der Waals surface area contributed by atoms with Crippen LogP contribution in [0.15, 0.2) is 53.4 Å². The Balaban J connectivity index is 1.52. The molecule has 0 bridgehead atoms. The van der Waals surface area contributed by atoms with E-state index >= 15 is 0 Å². The summed E-state index contributed by atoms with van der Waals surface area (Å²) in [5.74, 6) is 0.495. The lowest BCUT2D eigenvalue weighted by Crippen LogP contribution is -2.29. The van der Waals surface area contributed by atoms with Crippen LogP contribution in [0, 0.1) is 0 Å². The summed E-state index contributed by atoms with van der Waals surface area (Å²) in [6.07, 6.45) is 2.36. The number of benzene rings is 2. The van der Waals surface area contributed by atoms with E-state index in [0.717, 1.165) is 18.6 Å². The Hall–Kier alpha value is -2.09. The molecule has 1 amide bonds. The number of carbonyl (C=O) groups excluding carboxylic acids is 1. The summed E-state index contributed by atoms with van der Waals surface area (Å²) in [6, 6.07) is 13.3. The summed E-state index contributed by atoms with van der Waals surface area (Å²) < 4.78 is 32.9. The molecular weight excluding hydrogens is 400 g/mol. The number of rotatable bonds is 9. The van der Waals surface area contributed by atoms with Crippen molar-refractivity contribution in [2.75, 3.05) is 20.2 Å². The van der Waals surface area contributed by atoms with Gasteiger partial charge in [-0.25, -0.2) is 13.1 Å². The summed E-state index contributed by atoms with van der Waals surface area (Å²) in [7, 11) is -1.89. The summed E-state index contributed by atoms with van der Waals surface area (Å²) >= 11 is 5.83. The van der Waals surface area contributed by atoms with Gasteiger partial charge in [0.15, 0.2) is 0 Å². The van der Waals surface area contributed by atoms with Crippen LogP contribution in [0.1, 0.15) is 29.6 Å². The third-order valence-corrected chi connectivity index (χ3v) is 6.13. The monoisotopic (exact) mass is 422 g/mol.